The molecule has 0 unspecified atom stereocenters. The highest BCUT2D eigenvalue weighted by molar-refractivity contribution is 6.30. The summed E-state index contributed by atoms with van der Waals surface area (Å²) >= 11 is 6.15. The summed E-state index contributed by atoms with van der Waals surface area (Å²) in [6.07, 6.45) is 3.23. The van der Waals surface area contributed by atoms with Gasteiger partial charge in [0.1, 0.15) is 0 Å². The van der Waals surface area contributed by atoms with Gasteiger partial charge >= 0.3 is 0 Å². The molecule has 0 aliphatic rings. The van der Waals surface area contributed by atoms with E-state index < -0.39 is 5.41 Å². The molecule has 128 valence electrons. The van der Waals surface area contributed by atoms with Gasteiger partial charge in [-0.3, -0.25) is 0 Å². The molecule has 0 aromatic heterocycles. The summed E-state index contributed by atoms with van der Waals surface area (Å²) < 4.78 is 0. The molecular weight excluding hydrogens is 330 g/mol. The molecule has 0 saturated carbocycles. The van der Waals surface area contributed by atoms with E-state index in [0.717, 1.165) is 22.3 Å². The van der Waals surface area contributed by atoms with E-state index in [0.29, 0.717) is 11.6 Å². The molecule has 0 amide bonds. The summed E-state index contributed by atoms with van der Waals surface area (Å²) in [5, 5.41) is 10.2. The van der Waals surface area contributed by atoms with Crippen molar-refractivity contribution in [2.75, 3.05) is 7.05 Å². The van der Waals surface area contributed by atoms with Crippen LogP contribution in [-0.2, 0) is 12.0 Å². The van der Waals surface area contributed by atoms with Gasteiger partial charge < -0.3 is 4.90 Å². The monoisotopic (exact) mass is 351 g/mol. The zero-order chi connectivity index (χ0) is 18.4. The largest absolute Gasteiger partial charge is 0.361 e. The molecular formula is C21H22ClN3. The molecule has 2 rings (SSSR count). The molecule has 0 radical (unpaired) electrons. The standard InChI is InChI=1S/C21H22ClN3/c1-5-24-15-25(4)13-16-9-18(17-7-6-8-20(22)12-17)11-19(10-16)21(2,3)14-23/h5-12,15H,1,13H2,2-4H3. The summed E-state index contributed by atoms with van der Waals surface area (Å²) in [5.41, 5.74) is 3.60. The van der Waals surface area contributed by atoms with Crippen molar-refractivity contribution in [3.05, 3.63) is 71.4 Å². The third-order valence-electron chi connectivity index (χ3n) is 3.95. The van der Waals surface area contributed by atoms with Crippen molar-refractivity contribution < 1.29 is 0 Å². The van der Waals surface area contributed by atoms with Crippen molar-refractivity contribution >= 4 is 17.9 Å². The molecule has 0 aliphatic heterocycles. The summed E-state index contributed by atoms with van der Waals surface area (Å²) in [6.45, 7) is 8.12. The van der Waals surface area contributed by atoms with Gasteiger partial charge in [-0.2, -0.15) is 5.26 Å². The minimum absolute atomic E-state index is 0.572. The Morgan fingerprint density at radius 2 is 2.00 bits per heavy atom. The lowest BCUT2D eigenvalue weighted by Gasteiger charge is -2.21. The molecule has 0 atom stereocenters. The Hall–Kier alpha value is -2.57. The van der Waals surface area contributed by atoms with Crippen LogP contribution in [-0.4, -0.2) is 18.3 Å². The van der Waals surface area contributed by atoms with Gasteiger partial charge in [0.15, 0.2) is 0 Å². The molecule has 0 saturated heterocycles. The van der Waals surface area contributed by atoms with Gasteiger partial charge in [0.2, 0.25) is 0 Å². The molecule has 0 fully saturated rings. The average Bonchev–Trinajstić information content (AvgIpc) is 2.59. The highest BCUT2D eigenvalue weighted by Crippen LogP contribution is 2.30. The third kappa shape index (κ3) is 4.95. The van der Waals surface area contributed by atoms with Gasteiger partial charge in [-0.25, -0.2) is 4.99 Å². The van der Waals surface area contributed by atoms with E-state index in [2.05, 4.69) is 35.8 Å². The van der Waals surface area contributed by atoms with Gasteiger partial charge in [-0.15, -0.1) is 0 Å². The van der Waals surface area contributed by atoms with Crippen LogP contribution in [0.4, 0.5) is 0 Å². The number of hydrogen-bond donors (Lipinski definition) is 0. The number of halogens is 1. The van der Waals surface area contributed by atoms with Crippen LogP contribution in [0.1, 0.15) is 25.0 Å². The van der Waals surface area contributed by atoms with E-state index in [1.54, 1.807) is 6.34 Å². The number of benzene rings is 2. The van der Waals surface area contributed by atoms with Crippen LogP contribution < -0.4 is 0 Å². The lowest BCUT2D eigenvalue weighted by atomic mass is 9.83. The second-order valence-electron chi connectivity index (χ2n) is 6.53. The lowest BCUT2D eigenvalue weighted by molar-refractivity contribution is 0.515. The summed E-state index contributed by atoms with van der Waals surface area (Å²) in [4.78, 5) is 6.02. The Labute approximate surface area is 154 Å². The first kappa shape index (κ1) is 18.8. The number of hydrogen-bond acceptors (Lipinski definition) is 2. The Balaban J connectivity index is 2.51. The van der Waals surface area contributed by atoms with Crippen molar-refractivity contribution in [3.63, 3.8) is 0 Å². The fourth-order valence-electron chi connectivity index (χ4n) is 2.53. The van der Waals surface area contributed by atoms with E-state index in [1.807, 2.05) is 50.1 Å². The summed E-state index contributed by atoms with van der Waals surface area (Å²) in [5.74, 6) is 0. The molecule has 0 spiro atoms. The van der Waals surface area contributed by atoms with E-state index in [-0.39, 0.29) is 0 Å². The topological polar surface area (TPSA) is 39.4 Å². The molecule has 2 aromatic rings. The maximum atomic E-state index is 9.53. The number of nitriles is 1. The lowest BCUT2D eigenvalue weighted by Crippen LogP contribution is -2.18. The first-order chi connectivity index (χ1) is 11.9. The Kier molecular flexibility index (Phi) is 6.01. The molecule has 0 heterocycles. The van der Waals surface area contributed by atoms with Crippen LogP contribution in [0.5, 0.6) is 0 Å². The van der Waals surface area contributed by atoms with Crippen LogP contribution >= 0.6 is 11.6 Å². The quantitative estimate of drug-likeness (QED) is 0.515. The van der Waals surface area contributed by atoms with Crippen molar-refractivity contribution in [3.8, 4) is 17.2 Å². The van der Waals surface area contributed by atoms with Crippen LogP contribution in [0.3, 0.4) is 0 Å². The molecule has 3 nitrogen and oxygen atoms in total. The summed E-state index contributed by atoms with van der Waals surface area (Å²) in [7, 11) is 1.95. The van der Waals surface area contributed by atoms with Gasteiger partial charge in [-0.05, 0) is 60.4 Å². The first-order valence-corrected chi connectivity index (χ1v) is 8.39. The normalized spacial score (nSPS) is 11.3. The van der Waals surface area contributed by atoms with Crippen molar-refractivity contribution in [2.24, 2.45) is 4.99 Å². The third-order valence-corrected chi connectivity index (χ3v) is 4.19. The number of rotatable bonds is 6. The van der Waals surface area contributed by atoms with Gasteiger partial charge in [-0.1, -0.05) is 36.4 Å². The van der Waals surface area contributed by atoms with Gasteiger partial charge in [0.25, 0.3) is 0 Å². The molecule has 0 N–H and O–H groups in total. The van der Waals surface area contributed by atoms with E-state index in [4.69, 9.17) is 11.6 Å². The van der Waals surface area contributed by atoms with E-state index >= 15 is 0 Å². The number of nitrogens with zero attached hydrogens (tertiary/aromatic N) is 3. The zero-order valence-corrected chi connectivity index (χ0v) is 15.6. The Morgan fingerprint density at radius 3 is 2.64 bits per heavy atom. The minimum Gasteiger partial charge on any atom is -0.361 e. The van der Waals surface area contributed by atoms with Crippen molar-refractivity contribution in [1.82, 2.24) is 4.90 Å². The minimum atomic E-state index is -0.572. The van der Waals surface area contributed by atoms with Crippen LogP contribution in [0.2, 0.25) is 5.02 Å². The Morgan fingerprint density at radius 1 is 1.24 bits per heavy atom. The molecule has 0 bridgehead atoms. The first-order valence-electron chi connectivity index (χ1n) is 8.02. The van der Waals surface area contributed by atoms with Crippen molar-refractivity contribution in [2.45, 2.75) is 25.8 Å². The maximum Gasteiger partial charge on any atom is 0.0905 e. The Bertz CT molecular complexity index is 831. The zero-order valence-electron chi connectivity index (χ0n) is 14.8. The predicted octanol–water partition coefficient (Wildman–Crippen LogP) is 5.41. The highest BCUT2D eigenvalue weighted by Gasteiger charge is 2.21. The van der Waals surface area contributed by atoms with Crippen molar-refractivity contribution in [1.29, 1.82) is 5.26 Å². The molecule has 2 aromatic carbocycles. The maximum absolute atomic E-state index is 9.53. The molecule has 25 heavy (non-hydrogen) atoms. The predicted molar refractivity (Wildman–Crippen MR) is 106 cm³/mol. The SMILES string of the molecule is C=CN=CN(C)Cc1cc(-c2cccc(Cl)c2)cc(C(C)(C)C#N)c1. The van der Waals surface area contributed by atoms with Gasteiger partial charge in [0, 0.05) is 24.8 Å². The van der Waals surface area contributed by atoms with Gasteiger partial charge in [0.05, 0.1) is 17.8 Å². The van der Waals surface area contributed by atoms with E-state index in [1.165, 1.54) is 6.20 Å². The summed E-state index contributed by atoms with van der Waals surface area (Å²) in [6, 6.07) is 16.4. The second kappa shape index (κ2) is 8.00. The highest BCUT2D eigenvalue weighted by atomic mass is 35.5. The molecule has 4 heteroatoms. The van der Waals surface area contributed by atoms with Crippen LogP contribution in [0.25, 0.3) is 11.1 Å². The number of aliphatic imine (C=N–C) groups is 1. The fraction of sp³-hybridized carbons (Fsp3) is 0.238. The average molecular weight is 352 g/mol. The smallest absolute Gasteiger partial charge is 0.0905 e. The van der Waals surface area contributed by atoms with E-state index in [9.17, 15) is 5.26 Å². The van der Waals surface area contributed by atoms with Crippen LogP contribution in [0.15, 0.2) is 60.2 Å². The molecule has 0 aliphatic carbocycles. The van der Waals surface area contributed by atoms with Crippen LogP contribution in [0, 0.1) is 11.3 Å². The fourth-order valence-corrected chi connectivity index (χ4v) is 2.72. The second-order valence-corrected chi connectivity index (χ2v) is 6.96.